The average molecular weight is 348 g/mol. The lowest BCUT2D eigenvalue weighted by atomic mass is 9.88. The Bertz CT molecular complexity index is 586. The zero-order chi connectivity index (χ0) is 17.9. The molecule has 4 atom stereocenters. The predicted octanol–water partition coefficient (Wildman–Crippen LogP) is 4.25. The van der Waals surface area contributed by atoms with Crippen LogP contribution in [0.2, 0.25) is 0 Å². The number of hydrogen-bond acceptors (Lipinski definition) is 1. The van der Waals surface area contributed by atoms with Crippen LogP contribution in [-0.2, 0) is 4.84 Å². The van der Waals surface area contributed by atoms with Crippen molar-refractivity contribution in [3.8, 4) is 0 Å². The number of allylic oxidation sites excluding steroid dienone is 1. The molecule has 0 bridgehead atoms. The van der Waals surface area contributed by atoms with E-state index in [1.54, 1.807) is 26.4 Å². The fraction of sp³-hybridized carbons (Fsp3) is 0.412. The maximum absolute atomic E-state index is 13.7. The smallest absolute Gasteiger partial charge is 0.169 e. The van der Waals surface area contributed by atoms with Gasteiger partial charge in [0.15, 0.2) is 37.1 Å². The lowest BCUT2D eigenvalue weighted by molar-refractivity contribution is -1.02. The second-order valence-electron chi connectivity index (χ2n) is 6.02. The molecule has 1 aliphatic carbocycles. The van der Waals surface area contributed by atoms with Gasteiger partial charge >= 0.3 is 0 Å². The van der Waals surface area contributed by atoms with E-state index in [4.69, 9.17) is 4.84 Å². The standard InChI is InChI=1S/C17H19F5NO/c1-23(2,9-8-11-6-4-3-5-7-11)24-10-12-13(18)15(20)17(22)16(21)14(12)19/h3-10,13-17H,1-2H3/q+1/b9-8+,12-10?. The third-order valence-corrected chi connectivity index (χ3v) is 3.69. The SMILES string of the molecule is C[N+](C)(/C=C/c1ccccc1)OC=C1C(F)C(F)C(F)C(F)C1F. The fourth-order valence-electron chi connectivity index (χ4n) is 2.21. The largest absolute Gasteiger partial charge is 0.319 e. The highest BCUT2D eigenvalue weighted by molar-refractivity contribution is 5.47. The normalized spacial score (nSPS) is 31.3. The summed E-state index contributed by atoms with van der Waals surface area (Å²) in [5.41, 5.74) is 0.000446. The molecule has 0 aromatic heterocycles. The Balaban J connectivity index is 2.11. The maximum atomic E-state index is 13.7. The minimum absolute atomic E-state index is 0.287. The molecule has 4 unspecified atom stereocenters. The molecular weight excluding hydrogens is 329 g/mol. The molecule has 2 nitrogen and oxygen atoms in total. The first-order valence-electron chi connectivity index (χ1n) is 7.39. The number of benzene rings is 1. The Morgan fingerprint density at radius 3 is 1.96 bits per heavy atom. The van der Waals surface area contributed by atoms with Crippen molar-refractivity contribution in [2.24, 2.45) is 0 Å². The molecule has 1 fully saturated rings. The van der Waals surface area contributed by atoms with E-state index in [9.17, 15) is 22.0 Å². The Morgan fingerprint density at radius 2 is 1.42 bits per heavy atom. The highest BCUT2D eigenvalue weighted by Gasteiger charge is 2.51. The third-order valence-electron chi connectivity index (χ3n) is 3.69. The van der Waals surface area contributed by atoms with Gasteiger partial charge < -0.3 is 4.84 Å². The summed E-state index contributed by atoms with van der Waals surface area (Å²) in [6, 6.07) is 9.20. The minimum Gasteiger partial charge on any atom is -0.319 e. The van der Waals surface area contributed by atoms with E-state index in [0.29, 0.717) is 6.26 Å². The van der Waals surface area contributed by atoms with Gasteiger partial charge in [-0.2, -0.15) is 0 Å². The molecular formula is C17H19F5NO+. The van der Waals surface area contributed by atoms with Crippen molar-refractivity contribution >= 4 is 6.08 Å². The van der Waals surface area contributed by atoms with E-state index < -0.39 is 36.4 Å². The van der Waals surface area contributed by atoms with Crippen LogP contribution >= 0.6 is 0 Å². The van der Waals surface area contributed by atoms with Gasteiger partial charge in [-0.3, -0.25) is 0 Å². The van der Waals surface area contributed by atoms with Crippen molar-refractivity contribution in [3.63, 3.8) is 0 Å². The molecule has 1 aromatic carbocycles. The second kappa shape index (κ2) is 7.34. The molecule has 0 amide bonds. The molecule has 1 aromatic rings. The highest BCUT2D eigenvalue weighted by atomic mass is 19.2. The summed E-state index contributed by atoms with van der Waals surface area (Å²) in [6.07, 6.45) is -9.57. The van der Waals surface area contributed by atoms with Crippen LogP contribution in [0.15, 0.2) is 48.4 Å². The summed E-state index contributed by atoms with van der Waals surface area (Å²) >= 11 is 0. The van der Waals surface area contributed by atoms with Crippen LogP contribution in [0.4, 0.5) is 22.0 Å². The third kappa shape index (κ3) is 4.14. The molecule has 24 heavy (non-hydrogen) atoms. The first-order valence-corrected chi connectivity index (χ1v) is 7.39. The molecule has 0 heterocycles. The molecule has 0 radical (unpaired) electrons. The van der Waals surface area contributed by atoms with Crippen molar-refractivity contribution in [2.45, 2.75) is 30.9 Å². The number of hydrogen-bond donors (Lipinski definition) is 0. The van der Waals surface area contributed by atoms with Gasteiger partial charge in [-0.1, -0.05) is 30.3 Å². The summed E-state index contributed by atoms with van der Waals surface area (Å²) in [6.45, 7) is 0. The van der Waals surface area contributed by atoms with Crippen LogP contribution < -0.4 is 0 Å². The average Bonchev–Trinajstić information content (AvgIpc) is 2.57. The van der Waals surface area contributed by atoms with E-state index >= 15 is 0 Å². The topological polar surface area (TPSA) is 9.23 Å². The number of quaternary nitrogens is 1. The van der Waals surface area contributed by atoms with Crippen LogP contribution in [0, 0.1) is 0 Å². The van der Waals surface area contributed by atoms with Gasteiger partial charge in [-0.25, -0.2) is 22.0 Å². The Hall–Kier alpha value is -1.89. The molecule has 0 N–H and O–H groups in total. The molecule has 0 spiro atoms. The van der Waals surface area contributed by atoms with Crippen LogP contribution in [-0.4, -0.2) is 49.6 Å². The monoisotopic (exact) mass is 348 g/mol. The van der Waals surface area contributed by atoms with Gasteiger partial charge in [0.1, 0.15) is 20.3 Å². The van der Waals surface area contributed by atoms with Crippen molar-refractivity contribution in [1.82, 2.24) is 0 Å². The molecule has 1 aliphatic rings. The van der Waals surface area contributed by atoms with Crippen molar-refractivity contribution in [2.75, 3.05) is 14.1 Å². The van der Waals surface area contributed by atoms with E-state index in [1.165, 1.54) is 0 Å². The Labute approximate surface area is 137 Å². The number of rotatable bonds is 4. The van der Waals surface area contributed by atoms with Gasteiger partial charge in [0.05, 0.1) is 0 Å². The first-order chi connectivity index (χ1) is 11.2. The van der Waals surface area contributed by atoms with Crippen LogP contribution in [0.3, 0.4) is 0 Å². The zero-order valence-electron chi connectivity index (χ0n) is 13.3. The number of alkyl halides is 5. The number of hydroxylamine groups is 3. The summed E-state index contributed by atoms with van der Waals surface area (Å²) in [7, 11) is 3.11. The van der Waals surface area contributed by atoms with E-state index in [0.717, 1.165) is 5.56 Å². The molecule has 132 valence electrons. The molecule has 2 rings (SSSR count). The summed E-state index contributed by atoms with van der Waals surface area (Å²) in [5, 5.41) is 0. The molecule has 7 heteroatoms. The highest BCUT2D eigenvalue weighted by Crippen LogP contribution is 2.35. The van der Waals surface area contributed by atoms with Crippen LogP contribution in [0.25, 0.3) is 6.08 Å². The number of nitrogens with zero attached hydrogens (tertiary/aromatic N) is 1. The van der Waals surface area contributed by atoms with Crippen LogP contribution in [0.5, 0.6) is 0 Å². The molecule has 0 saturated heterocycles. The van der Waals surface area contributed by atoms with Crippen LogP contribution in [0.1, 0.15) is 5.56 Å². The summed E-state index contributed by atoms with van der Waals surface area (Å²) in [5.74, 6) is 0. The zero-order valence-corrected chi connectivity index (χ0v) is 13.3. The maximum Gasteiger partial charge on any atom is 0.169 e. The van der Waals surface area contributed by atoms with Gasteiger partial charge in [-0.05, 0) is 5.56 Å². The Morgan fingerprint density at radius 1 is 0.875 bits per heavy atom. The predicted molar refractivity (Wildman–Crippen MR) is 81.2 cm³/mol. The van der Waals surface area contributed by atoms with Crippen molar-refractivity contribution in [3.05, 3.63) is 53.9 Å². The lowest BCUT2D eigenvalue weighted by Crippen LogP contribution is -2.49. The summed E-state index contributed by atoms with van der Waals surface area (Å²) < 4.78 is 67.0. The van der Waals surface area contributed by atoms with Crippen molar-refractivity contribution in [1.29, 1.82) is 0 Å². The first kappa shape index (κ1) is 18.4. The van der Waals surface area contributed by atoms with Gasteiger partial charge in [0.2, 0.25) is 0 Å². The van der Waals surface area contributed by atoms with Gasteiger partial charge in [-0.15, -0.1) is 4.65 Å². The minimum atomic E-state index is -2.83. The van der Waals surface area contributed by atoms with Gasteiger partial charge in [0.25, 0.3) is 0 Å². The van der Waals surface area contributed by atoms with E-state index in [2.05, 4.69) is 0 Å². The van der Waals surface area contributed by atoms with Gasteiger partial charge in [0, 0.05) is 11.6 Å². The quantitative estimate of drug-likeness (QED) is 0.342. The van der Waals surface area contributed by atoms with E-state index in [1.807, 2.05) is 30.3 Å². The van der Waals surface area contributed by atoms with Crippen molar-refractivity contribution < 1.29 is 31.4 Å². The lowest BCUT2D eigenvalue weighted by Gasteiger charge is -2.31. The second-order valence-corrected chi connectivity index (χ2v) is 6.02. The summed E-state index contributed by atoms with van der Waals surface area (Å²) in [4.78, 5) is 5.22. The Kier molecular flexibility index (Phi) is 5.64. The molecule has 1 saturated carbocycles. The number of halogens is 5. The fourth-order valence-corrected chi connectivity index (χ4v) is 2.21. The molecule has 0 aliphatic heterocycles. The van der Waals surface area contributed by atoms with E-state index in [-0.39, 0.29) is 4.65 Å².